The van der Waals surface area contributed by atoms with Crippen LogP contribution in [0.1, 0.15) is 37.0 Å². The lowest BCUT2D eigenvalue weighted by Crippen LogP contribution is -2.57. The third kappa shape index (κ3) is 4.26. The molecule has 1 aromatic carbocycles. The summed E-state index contributed by atoms with van der Waals surface area (Å²) in [6.07, 6.45) is 0.860. The van der Waals surface area contributed by atoms with Crippen molar-refractivity contribution in [1.29, 1.82) is 0 Å². The van der Waals surface area contributed by atoms with Crippen LogP contribution in [-0.2, 0) is 9.59 Å². The standard InChI is InChI=1S/C17H21ClN2O4/c1-17(2,19-14(21)12-4-3-5-13(18)10-12)16(24)20-8-6-11(7-9-20)15(22)23/h3-5,10-11H,6-9H2,1-2H3,(H,19,21)(H,22,23). The lowest BCUT2D eigenvalue weighted by Gasteiger charge is -2.36. The maximum absolute atomic E-state index is 12.7. The van der Waals surface area contributed by atoms with Crippen LogP contribution in [0.5, 0.6) is 0 Å². The van der Waals surface area contributed by atoms with E-state index in [1.807, 2.05) is 0 Å². The molecule has 7 heteroatoms. The van der Waals surface area contributed by atoms with Gasteiger partial charge in [0.25, 0.3) is 5.91 Å². The second-order valence-electron chi connectivity index (χ2n) is 6.49. The highest BCUT2D eigenvalue weighted by Gasteiger charge is 2.36. The Labute approximate surface area is 145 Å². The van der Waals surface area contributed by atoms with Gasteiger partial charge in [0.2, 0.25) is 5.91 Å². The van der Waals surface area contributed by atoms with Crippen LogP contribution in [0.2, 0.25) is 5.02 Å². The fourth-order valence-corrected chi connectivity index (χ4v) is 2.95. The summed E-state index contributed by atoms with van der Waals surface area (Å²) in [7, 11) is 0. The summed E-state index contributed by atoms with van der Waals surface area (Å²) in [5.74, 6) is -1.83. The van der Waals surface area contributed by atoms with Crippen molar-refractivity contribution in [3.8, 4) is 0 Å². The zero-order valence-corrected chi connectivity index (χ0v) is 14.5. The molecule has 0 aromatic heterocycles. The average molecular weight is 353 g/mol. The molecule has 2 N–H and O–H groups in total. The zero-order valence-electron chi connectivity index (χ0n) is 13.7. The summed E-state index contributed by atoms with van der Waals surface area (Å²) in [6, 6.07) is 6.50. The molecule has 0 radical (unpaired) electrons. The van der Waals surface area contributed by atoms with Crippen LogP contribution in [0.15, 0.2) is 24.3 Å². The largest absolute Gasteiger partial charge is 0.481 e. The van der Waals surface area contributed by atoms with Crippen molar-refractivity contribution in [2.45, 2.75) is 32.2 Å². The Hall–Kier alpha value is -2.08. The maximum atomic E-state index is 12.7. The summed E-state index contributed by atoms with van der Waals surface area (Å²) in [5, 5.41) is 12.2. The highest BCUT2D eigenvalue weighted by atomic mass is 35.5. The minimum Gasteiger partial charge on any atom is -0.481 e. The maximum Gasteiger partial charge on any atom is 0.306 e. The predicted octanol–water partition coefficient (Wildman–Crippen LogP) is 2.17. The van der Waals surface area contributed by atoms with Gasteiger partial charge in [-0.3, -0.25) is 14.4 Å². The van der Waals surface area contributed by atoms with Crippen molar-refractivity contribution in [3.63, 3.8) is 0 Å². The molecule has 1 aliphatic rings. The number of carboxylic acids is 1. The minimum atomic E-state index is -1.09. The SMILES string of the molecule is CC(C)(NC(=O)c1cccc(Cl)c1)C(=O)N1CCC(C(=O)O)CC1. The number of hydrogen-bond donors (Lipinski definition) is 2. The number of carbonyl (C=O) groups excluding carboxylic acids is 2. The van der Waals surface area contributed by atoms with E-state index in [1.165, 1.54) is 6.07 Å². The molecule has 1 fully saturated rings. The molecule has 1 saturated heterocycles. The molecule has 6 nitrogen and oxygen atoms in total. The van der Waals surface area contributed by atoms with E-state index in [4.69, 9.17) is 16.7 Å². The number of amides is 2. The molecule has 0 unspecified atom stereocenters. The van der Waals surface area contributed by atoms with Crippen molar-refractivity contribution >= 4 is 29.4 Å². The van der Waals surface area contributed by atoms with Crippen LogP contribution in [-0.4, -0.2) is 46.4 Å². The molecule has 0 spiro atoms. The number of rotatable bonds is 4. The first-order chi connectivity index (χ1) is 11.2. The summed E-state index contributed by atoms with van der Waals surface area (Å²) >= 11 is 5.88. The van der Waals surface area contributed by atoms with Gasteiger partial charge in [-0.2, -0.15) is 0 Å². The number of halogens is 1. The number of nitrogens with zero attached hydrogens (tertiary/aromatic N) is 1. The Bertz CT molecular complexity index is 652. The highest BCUT2D eigenvalue weighted by Crippen LogP contribution is 2.20. The number of hydrogen-bond acceptors (Lipinski definition) is 3. The lowest BCUT2D eigenvalue weighted by atomic mass is 9.94. The minimum absolute atomic E-state index is 0.221. The van der Waals surface area contributed by atoms with Crippen molar-refractivity contribution in [2.24, 2.45) is 5.92 Å². The molecular weight excluding hydrogens is 332 g/mol. The van der Waals surface area contributed by atoms with Crippen molar-refractivity contribution in [1.82, 2.24) is 10.2 Å². The lowest BCUT2D eigenvalue weighted by molar-refractivity contribution is -0.147. The predicted molar refractivity (Wildman–Crippen MR) is 89.9 cm³/mol. The topological polar surface area (TPSA) is 86.7 Å². The van der Waals surface area contributed by atoms with Crippen LogP contribution < -0.4 is 5.32 Å². The van der Waals surface area contributed by atoms with E-state index in [1.54, 1.807) is 36.9 Å². The quantitative estimate of drug-likeness (QED) is 0.869. The third-order valence-electron chi connectivity index (χ3n) is 4.18. The number of nitrogens with one attached hydrogen (secondary N) is 1. The van der Waals surface area contributed by atoms with Gasteiger partial charge in [0.1, 0.15) is 5.54 Å². The van der Waals surface area contributed by atoms with Crippen LogP contribution in [0.3, 0.4) is 0 Å². The van der Waals surface area contributed by atoms with E-state index in [2.05, 4.69) is 5.32 Å². The van der Waals surface area contributed by atoms with Gasteiger partial charge >= 0.3 is 5.97 Å². The van der Waals surface area contributed by atoms with Gasteiger partial charge in [0.15, 0.2) is 0 Å². The fraction of sp³-hybridized carbons (Fsp3) is 0.471. The van der Waals surface area contributed by atoms with Crippen molar-refractivity contribution < 1.29 is 19.5 Å². The molecule has 24 heavy (non-hydrogen) atoms. The number of carbonyl (C=O) groups is 3. The number of likely N-dealkylation sites (tertiary alicyclic amines) is 1. The molecule has 1 aromatic rings. The van der Waals surface area contributed by atoms with Crippen LogP contribution in [0, 0.1) is 5.92 Å². The molecule has 1 aliphatic heterocycles. The average Bonchev–Trinajstić information content (AvgIpc) is 2.53. The van der Waals surface area contributed by atoms with Gasteiger partial charge in [-0.05, 0) is 44.9 Å². The van der Waals surface area contributed by atoms with E-state index in [0.717, 1.165) is 0 Å². The Kier molecular flexibility index (Phi) is 5.49. The van der Waals surface area contributed by atoms with Gasteiger partial charge in [0, 0.05) is 23.7 Å². The van der Waals surface area contributed by atoms with E-state index in [0.29, 0.717) is 36.5 Å². The van der Waals surface area contributed by atoms with Crippen LogP contribution in [0.4, 0.5) is 0 Å². The van der Waals surface area contributed by atoms with Gasteiger partial charge in [-0.25, -0.2) is 0 Å². The first kappa shape index (κ1) is 18.3. The number of carboxylic acid groups (broad SMARTS) is 1. The first-order valence-corrected chi connectivity index (χ1v) is 8.19. The molecule has 0 atom stereocenters. The molecule has 2 rings (SSSR count). The molecule has 130 valence electrons. The number of piperidine rings is 1. The summed E-state index contributed by atoms with van der Waals surface area (Å²) in [6.45, 7) is 4.04. The van der Waals surface area contributed by atoms with E-state index >= 15 is 0 Å². The second kappa shape index (κ2) is 7.21. The van der Waals surface area contributed by atoms with Gasteiger partial charge in [-0.15, -0.1) is 0 Å². The zero-order chi connectivity index (χ0) is 17.9. The molecule has 2 amide bonds. The second-order valence-corrected chi connectivity index (χ2v) is 6.93. The van der Waals surface area contributed by atoms with Gasteiger partial charge in [-0.1, -0.05) is 17.7 Å². The van der Waals surface area contributed by atoms with Crippen molar-refractivity contribution in [3.05, 3.63) is 34.9 Å². The van der Waals surface area contributed by atoms with E-state index in [9.17, 15) is 14.4 Å². The monoisotopic (exact) mass is 352 g/mol. The molecule has 0 saturated carbocycles. The summed E-state index contributed by atoms with van der Waals surface area (Å²) in [4.78, 5) is 37.6. The van der Waals surface area contributed by atoms with Crippen LogP contribution in [0.25, 0.3) is 0 Å². The number of aliphatic carboxylic acids is 1. The Morgan fingerprint density at radius 3 is 2.42 bits per heavy atom. The Morgan fingerprint density at radius 2 is 1.88 bits per heavy atom. The summed E-state index contributed by atoms with van der Waals surface area (Å²) in [5.41, 5.74) is -0.705. The Morgan fingerprint density at radius 1 is 1.25 bits per heavy atom. The smallest absolute Gasteiger partial charge is 0.306 e. The van der Waals surface area contributed by atoms with Gasteiger partial charge < -0.3 is 15.3 Å². The van der Waals surface area contributed by atoms with Crippen molar-refractivity contribution in [2.75, 3.05) is 13.1 Å². The normalized spacial score (nSPS) is 15.9. The molecule has 1 heterocycles. The Balaban J connectivity index is 2.00. The molecule has 0 aliphatic carbocycles. The van der Waals surface area contributed by atoms with E-state index in [-0.39, 0.29) is 11.8 Å². The van der Waals surface area contributed by atoms with Gasteiger partial charge in [0.05, 0.1) is 5.92 Å². The third-order valence-corrected chi connectivity index (χ3v) is 4.41. The summed E-state index contributed by atoms with van der Waals surface area (Å²) < 4.78 is 0. The number of benzene rings is 1. The van der Waals surface area contributed by atoms with E-state index < -0.39 is 17.4 Å². The highest BCUT2D eigenvalue weighted by molar-refractivity contribution is 6.31. The first-order valence-electron chi connectivity index (χ1n) is 7.81. The van der Waals surface area contributed by atoms with Crippen LogP contribution >= 0.6 is 11.6 Å². The molecular formula is C17H21ClN2O4. The fourth-order valence-electron chi connectivity index (χ4n) is 2.76. The molecule has 0 bridgehead atoms.